The monoisotopic (exact) mass is 434 g/mol. The second-order valence-corrected chi connectivity index (χ2v) is 9.03. The average Bonchev–Trinajstić information content (AvgIpc) is 3.04. The number of pyridine rings is 1. The number of benzene rings is 1. The van der Waals surface area contributed by atoms with E-state index >= 15 is 0 Å². The Bertz CT molecular complexity index is 1230. The zero-order valence-electron chi connectivity index (χ0n) is 16.1. The number of para-hydroxylation sites is 1. The predicted octanol–water partition coefficient (Wildman–Crippen LogP) is 3.29. The average molecular weight is 434 g/mol. The predicted molar refractivity (Wildman–Crippen MR) is 109 cm³/mol. The van der Waals surface area contributed by atoms with E-state index in [1.807, 2.05) is 0 Å². The Morgan fingerprint density at radius 1 is 1.07 bits per heavy atom. The molecule has 29 heavy (non-hydrogen) atoms. The molecule has 2 aromatic heterocycles. The molecule has 0 saturated heterocycles. The van der Waals surface area contributed by atoms with Crippen LogP contribution in [-0.2, 0) is 19.5 Å². The minimum absolute atomic E-state index is 0.0176. The fraction of sp³-hybridized carbons (Fsp3) is 0.211. The van der Waals surface area contributed by atoms with Crippen molar-refractivity contribution in [1.82, 2.24) is 4.98 Å². The van der Waals surface area contributed by atoms with E-state index in [2.05, 4.69) is 9.71 Å². The van der Waals surface area contributed by atoms with Crippen LogP contribution < -0.4 is 4.72 Å². The van der Waals surface area contributed by atoms with Crippen LogP contribution in [0, 0.1) is 13.8 Å². The molecule has 8 nitrogen and oxygen atoms in total. The Labute approximate surface area is 171 Å². The summed E-state index contributed by atoms with van der Waals surface area (Å²) in [5.41, 5.74) is 1.54. The van der Waals surface area contributed by atoms with E-state index in [0.717, 1.165) is 7.11 Å². The molecule has 0 spiro atoms. The molecule has 0 amide bonds. The Kier molecular flexibility index (Phi) is 5.58. The number of aromatic nitrogens is 1. The minimum Gasteiger partial charge on any atom is -0.465 e. The molecule has 3 rings (SSSR count). The second kappa shape index (κ2) is 7.80. The second-order valence-electron chi connectivity index (χ2n) is 6.14. The van der Waals surface area contributed by atoms with Gasteiger partial charge in [0.05, 0.1) is 31.0 Å². The molecular formula is C19H18N2O6S2. The van der Waals surface area contributed by atoms with E-state index in [4.69, 9.17) is 9.47 Å². The van der Waals surface area contributed by atoms with Crippen molar-refractivity contribution in [1.29, 1.82) is 0 Å². The summed E-state index contributed by atoms with van der Waals surface area (Å²) in [5.74, 6) is -1.59. The number of rotatable bonds is 5. The van der Waals surface area contributed by atoms with E-state index in [1.165, 1.54) is 14.0 Å². The molecule has 0 fully saturated rings. The molecule has 0 atom stereocenters. The topological polar surface area (TPSA) is 112 Å². The summed E-state index contributed by atoms with van der Waals surface area (Å²) in [6, 6.07) is 8.67. The van der Waals surface area contributed by atoms with Crippen molar-refractivity contribution in [2.45, 2.75) is 18.1 Å². The van der Waals surface area contributed by atoms with E-state index in [1.54, 1.807) is 37.3 Å². The van der Waals surface area contributed by atoms with E-state index < -0.39 is 22.0 Å². The number of nitrogens with zero attached hydrogens (tertiary/aromatic N) is 1. The molecule has 152 valence electrons. The van der Waals surface area contributed by atoms with Crippen molar-refractivity contribution < 1.29 is 27.5 Å². The quantitative estimate of drug-likeness (QED) is 0.613. The molecule has 1 N–H and O–H groups in total. The van der Waals surface area contributed by atoms with Crippen molar-refractivity contribution in [2.24, 2.45) is 0 Å². The summed E-state index contributed by atoms with van der Waals surface area (Å²) in [7, 11) is -1.90. The molecule has 0 aliphatic rings. The third kappa shape index (κ3) is 3.81. The van der Waals surface area contributed by atoms with Gasteiger partial charge in [0.15, 0.2) is 4.21 Å². The highest BCUT2D eigenvalue weighted by molar-refractivity contribution is 7.94. The highest BCUT2D eigenvalue weighted by Gasteiger charge is 2.33. The van der Waals surface area contributed by atoms with Crippen LogP contribution in [0.4, 0.5) is 5.69 Å². The molecule has 2 heterocycles. The lowest BCUT2D eigenvalue weighted by molar-refractivity contribution is 0.0596. The Balaban J connectivity index is 2.18. The van der Waals surface area contributed by atoms with Crippen LogP contribution in [0.2, 0.25) is 0 Å². The molecular weight excluding hydrogens is 416 g/mol. The maximum absolute atomic E-state index is 13.2. The third-order valence-corrected chi connectivity index (χ3v) is 7.36. The number of hydrogen-bond donors (Lipinski definition) is 1. The van der Waals surface area contributed by atoms with Crippen molar-refractivity contribution in [2.75, 3.05) is 18.9 Å². The minimum atomic E-state index is -4.22. The van der Waals surface area contributed by atoms with Crippen molar-refractivity contribution >= 4 is 49.9 Å². The van der Waals surface area contributed by atoms with Crippen molar-refractivity contribution in [3.05, 3.63) is 52.0 Å². The molecule has 0 saturated carbocycles. The number of anilines is 1. The number of hydrogen-bond acceptors (Lipinski definition) is 8. The number of sulfonamides is 1. The SMILES string of the molecule is COC(=O)c1sc(S(=O)(=O)Nc2cc(C)nc3ccccc23)c(C(=O)OC)c1C. The Hall–Kier alpha value is -2.98. The number of aryl methyl sites for hydroxylation is 1. The molecule has 0 unspecified atom stereocenters. The lowest BCUT2D eigenvalue weighted by atomic mass is 10.2. The molecule has 0 aliphatic heterocycles. The lowest BCUT2D eigenvalue weighted by Crippen LogP contribution is -2.16. The van der Waals surface area contributed by atoms with Crippen LogP contribution in [0.3, 0.4) is 0 Å². The van der Waals surface area contributed by atoms with Gasteiger partial charge >= 0.3 is 11.9 Å². The fourth-order valence-electron chi connectivity index (χ4n) is 2.89. The highest BCUT2D eigenvalue weighted by Crippen LogP contribution is 2.35. The summed E-state index contributed by atoms with van der Waals surface area (Å²) in [6.07, 6.45) is 0. The molecule has 0 aliphatic carbocycles. The smallest absolute Gasteiger partial charge is 0.348 e. The summed E-state index contributed by atoms with van der Waals surface area (Å²) in [4.78, 5) is 28.7. The molecule has 0 radical (unpaired) electrons. The van der Waals surface area contributed by atoms with Gasteiger partial charge in [-0.15, -0.1) is 11.3 Å². The summed E-state index contributed by atoms with van der Waals surface area (Å²) in [6.45, 7) is 3.22. The first-order valence-corrected chi connectivity index (χ1v) is 10.7. The van der Waals surface area contributed by atoms with Crippen molar-refractivity contribution in [3.63, 3.8) is 0 Å². The first kappa shape index (κ1) is 20.7. The largest absolute Gasteiger partial charge is 0.465 e. The zero-order chi connectivity index (χ0) is 21.3. The number of fused-ring (bicyclic) bond motifs is 1. The lowest BCUT2D eigenvalue weighted by Gasteiger charge is -2.11. The number of esters is 2. The number of carbonyl (C=O) groups is 2. The highest BCUT2D eigenvalue weighted by atomic mass is 32.2. The zero-order valence-corrected chi connectivity index (χ0v) is 17.7. The van der Waals surface area contributed by atoms with E-state index in [9.17, 15) is 18.0 Å². The summed E-state index contributed by atoms with van der Waals surface area (Å²) < 4.78 is 38.0. The number of thiophene rings is 1. The maximum Gasteiger partial charge on any atom is 0.348 e. The van der Waals surface area contributed by atoms with E-state index in [-0.39, 0.29) is 20.2 Å². The van der Waals surface area contributed by atoms with Crippen LogP contribution in [0.1, 0.15) is 31.3 Å². The van der Waals surface area contributed by atoms with Crippen LogP contribution in [-0.4, -0.2) is 39.6 Å². The summed E-state index contributed by atoms with van der Waals surface area (Å²) in [5, 5.41) is 0.600. The summed E-state index contributed by atoms with van der Waals surface area (Å²) >= 11 is 0.657. The molecule has 3 aromatic rings. The first-order chi connectivity index (χ1) is 13.7. The number of nitrogens with one attached hydrogen (secondary N) is 1. The fourth-order valence-corrected chi connectivity index (χ4v) is 5.70. The van der Waals surface area contributed by atoms with Gasteiger partial charge in [-0.25, -0.2) is 18.0 Å². The van der Waals surface area contributed by atoms with Gasteiger partial charge in [0.1, 0.15) is 4.88 Å². The van der Waals surface area contributed by atoms with Gasteiger partial charge in [0.2, 0.25) is 0 Å². The number of ether oxygens (including phenoxy) is 2. The molecule has 0 bridgehead atoms. The maximum atomic E-state index is 13.2. The Morgan fingerprint density at radius 2 is 1.72 bits per heavy atom. The van der Waals surface area contributed by atoms with Crippen molar-refractivity contribution in [3.8, 4) is 0 Å². The van der Waals surface area contributed by atoms with Crippen LogP contribution >= 0.6 is 11.3 Å². The number of carbonyl (C=O) groups excluding carboxylic acids is 2. The third-order valence-electron chi connectivity index (χ3n) is 4.21. The normalized spacial score (nSPS) is 11.3. The van der Waals surface area contributed by atoms with Gasteiger partial charge in [-0.2, -0.15) is 0 Å². The molecule has 10 heteroatoms. The van der Waals surface area contributed by atoms with Gasteiger partial charge in [0, 0.05) is 11.1 Å². The van der Waals surface area contributed by atoms with Gasteiger partial charge in [-0.1, -0.05) is 18.2 Å². The number of methoxy groups -OCH3 is 2. The van der Waals surface area contributed by atoms with Crippen LogP contribution in [0.5, 0.6) is 0 Å². The van der Waals surface area contributed by atoms with Gasteiger partial charge in [0.25, 0.3) is 10.0 Å². The first-order valence-electron chi connectivity index (χ1n) is 8.38. The van der Waals surface area contributed by atoms with Crippen LogP contribution in [0.15, 0.2) is 34.5 Å². The van der Waals surface area contributed by atoms with E-state index in [0.29, 0.717) is 33.6 Å². The van der Waals surface area contributed by atoms with Gasteiger partial charge in [-0.05, 0) is 31.5 Å². The van der Waals surface area contributed by atoms with Gasteiger partial charge in [-0.3, -0.25) is 9.71 Å². The standard InChI is InChI=1S/C19H18N2O6S2/c1-10-9-14(12-7-5-6-8-13(12)20-10)21-29(24,25)19-15(17(22)26-3)11(2)16(28-19)18(23)27-4/h5-9H,1-4H3,(H,20,21). The van der Waals surface area contributed by atoms with Crippen LogP contribution in [0.25, 0.3) is 10.9 Å². The Morgan fingerprint density at radius 3 is 2.38 bits per heavy atom. The molecule has 1 aromatic carbocycles. The van der Waals surface area contributed by atoms with Gasteiger partial charge < -0.3 is 9.47 Å².